The summed E-state index contributed by atoms with van der Waals surface area (Å²) >= 11 is 0. The number of carbonyl (C=O) groups is 1. The Kier molecular flexibility index (Phi) is 6.57. The highest BCUT2D eigenvalue weighted by Gasteiger charge is 2.31. The lowest BCUT2D eigenvalue weighted by Gasteiger charge is -2.14. The van der Waals surface area contributed by atoms with Gasteiger partial charge in [0.15, 0.2) is 5.69 Å². The van der Waals surface area contributed by atoms with Crippen molar-refractivity contribution < 1.29 is 35.9 Å². The topological polar surface area (TPSA) is 64.4 Å². The molecule has 3 aromatic rings. The molecule has 0 radical (unpaired) electrons. The lowest BCUT2D eigenvalue weighted by Crippen LogP contribution is -2.27. The third-order valence-electron chi connectivity index (χ3n) is 4.80. The van der Waals surface area contributed by atoms with Crippen LogP contribution in [0, 0.1) is 18.6 Å². The van der Waals surface area contributed by atoms with Gasteiger partial charge in [0.25, 0.3) is 5.91 Å². The van der Waals surface area contributed by atoms with Crippen LogP contribution >= 0.6 is 0 Å². The molecule has 0 saturated heterocycles. The minimum Gasteiger partial charge on any atom is -0.416 e. The first-order valence-electron chi connectivity index (χ1n) is 9.63. The number of amides is 1. The van der Waals surface area contributed by atoms with Gasteiger partial charge in [-0.25, -0.2) is 8.78 Å². The minimum atomic E-state index is -4.61. The van der Waals surface area contributed by atoms with E-state index in [0.29, 0.717) is 5.57 Å². The van der Waals surface area contributed by atoms with Crippen molar-refractivity contribution in [2.75, 3.05) is 0 Å². The van der Waals surface area contributed by atoms with Gasteiger partial charge in [-0.3, -0.25) is 4.79 Å². The summed E-state index contributed by atoms with van der Waals surface area (Å²) in [7, 11) is 0. The Hall–Kier alpha value is -3.69. The molecule has 33 heavy (non-hydrogen) atoms. The van der Waals surface area contributed by atoms with Crippen molar-refractivity contribution >= 4 is 11.5 Å². The van der Waals surface area contributed by atoms with E-state index in [1.54, 1.807) is 6.92 Å². The van der Waals surface area contributed by atoms with Crippen molar-refractivity contribution in [3.63, 3.8) is 0 Å². The molecule has 3 rings (SSSR count). The zero-order chi connectivity index (χ0) is 24.5. The molecule has 174 valence electrons. The van der Waals surface area contributed by atoms with Gasteiger partial charge in [-0.15, -0.1) is 0 Å². The predicted octanol–water partition coefficient (Wildman–Crippen LogP) is 6.60. The van der Waals surface area contributed by atoms with Crippen molar-refractivity contribution in [1.29, 1.82) is 0 Å². The number of carbonyl (C=O) groups excluding carboxylic acids is 1. The largest absolute Gasteiger partial charge is 0.416 e. The molecule has 1 atom stereocenters. The second-order valence-corrected chi connectivity index (χ2v) is 7.43. The van der Waals surface area contributed by atoms with E-state index in [1.165, 1.54) is 19.9 Å². The fourth-order valence-electron chi connectivity index (χ4n) is 2.85. The van der Waals surface area contributed by atoms with Crippen molar-refractivity contribution in [2.45, 2.75) is 33.0 Å². The van der Waals surface area contributed by atoms with Gasteiger partial charge in [0.05, 0.1) is 11.6 Å². The molecule has 2 aromatic carbocycles. The normalized spacial score (nSPS) is 12.4. The zero-order valence-electron chi connectivity index (χ0n) is 17.8. The van der Waals surface area contributed by atoms with Crippen molar-refractivity contribution in [3.8, 4) is 11.8 Å². The maximum Gasteiger partial charge on any atom is 0.416 e. The second kappa shape index (κ2) is 9.05. The van der Waals surface area contributed by atoms with E-state index < -0.39 is 41.4 Å². The number of nitrogens with zero attached hydrogens (tertiary/aromatic N) is 1. The molecule has 0 saturated carbocycles. The summed E-state index contributed by atoms with van der Waals surface area (Å²) in [6.45, 7) is 7.98. The number of aromatic nitrogens is 1. The van der Waals surface area contributed by atoms with Gasteiger partial charge in [0, 0.05) is 5.56 Å². The molecule has 0 aliphatic carbocycles. The quantitative estimate of drug-likeness (QED) is 0.416. The van der Waals surface area contributed by atoms with Crippen molar-refractivity contribution in [2.24, 2.45) is 0 Å². The van der Waals surface area contributed by atoms with Crippen molar-refractivity contribution in [3.05, 3.63) is 82.8 Å². The molecule has 1 N–H and O–H groups in total. The molecule has 1 heterocycles. The number of hydrogen-bond acceptors (Lipinski definition) is 4. The highest BCUT2D eigenvalue weighted by Crippen LogP contribution is 2.35. The van der Waals surface area contributed by atoms with Crippen LogP contribution in [0.25, 0.3) is 5.57 Å². The Morgan fingerprint density at radius 3 is 2.36 bits per heavy atom. The van der Waals surface area contributed by atoms with E-state index in [2.05, 4.69) is 16.9 Å². The summed E-state index contributed by atoms with van der Waals surface area (Å²) < 4.78 is 77.4. The lowest BCUT2D eigenvalue weighted by molar-refractivity contribution is -0.137. The maximum atomic E-state index is 13.8. The number of hydrogen-bond donors (Lipinski definition) is 1. The van der Waals surface area contributed by atoms with E-state index in [1.807, 2.05) is 0 Å². The fourth-order valence-corrected chi connectivity index (χ4v) is 2.85. The Morgan fingerprint density at radius 1 is 1.15 bits per heavy atom. The summed E-state index contributed by atoms with van der Waals surface area (Å²) in [5.41, 5.74) is -0.543. The number of alkyl halides is 3. The molecule has 1 aromatic heterocycles. The summed E-state index contributed by atoms with van der Waals surface area (Å²) in [6, 6.07) is 4.45. The SMILES string of the molecule is C=C(C)c1cc(Oc2nc(C(=O)NC(C)c3cc(F)c(C)c(F)c3)co2)cc(C(F)(F)F)c1. The summed E-state index contributed by atoms with van der Waals surface area (Å²) in [6.07, 6.45) is -4.13. The molecular weight excluding hydrogens is 447 g/mol. The smallest absolute Gasteiger partial charge is 0.416 e. The third-order valence-corrected chi connectivity index (χ3v) is 4.80. The lowest BCUT2D eigenvalue weighted by atomic mass is 10.0. The predicted molar refractivity (Wildman–Crippen MR) is 110 cm³/mol. The summed E-state index contributed by atoms with van der Waals surface area (Å²) in [5, 5.41) is 2.51. The van der Waals surface area contributed by atoms with Crippen LogP contribution in [0.5, 0.6) is 11.8 Å². The average molecular weight is 466 g/mol. The van der Waals surface area contributed by atoms with Gasteiger partial charge in [-0.05, 0) is 62.2 Å². The van der Waals surface area contributed by atoms with Crippen LogP contribution in [0.15, 0.2) is 47.6 Å². The molecule has 0 spiro atoms. The molecule has 0 aliphatic heterocycles. The minimum absolute atomic E-state index is 0.139. The molecular formula is C23H19F5N2O3. The van der Waals surface area contributed by atoms with Gasteiger partial charge < -0.3 is 14.5 Å². The number of rotatable bonds is 6. The van der Waals surface area contributed by atoms with Gasteiger partial charge in [-0.2, -0.15) is 18.2 Å². The van der Waals surface area contributed by atoms with Gasteiger partial charge in [0.1, 0.15) is 23.6 Å². The van der Waals surface area contributed by atoms with Gasteiger partial charge in [-0.1, -0.05) is 12.2 Å². The fraction of sp³-hybridized carbons (Fsp3) is 0.217. The van der Waals surface area contributed by atoms with E-state index >= 15 is 0 Å². The third kappa shape index (κ3) is 5.57. The van der Waals surface area contributed by atoms with E-state index in [4.69, 9.17) is 9.15 Å². The van der Waals surface area contributed by atoms with Crippen LogP contribution in [0.2, 0.25) is 0 Å². The maximum absolute atomic E-state index is 13.8. The van der Waals surface area contributed by atoms with Crippen LogP contribution < -0.4 is 10.1 Å². The molecule has 10 heteroatoms. The number of benzene rings is 2. The number of oxazole rings is 1. The van der Waals surface area contributed by atoms with Crippen LogP contribution in [0.3, 0.4) is 0 Å². The van der Waals surface area contributed by atoms with Gasteiger partial charge in [0.2, 0.25) is 0 Å². The second-order valence-electron chi connectivity index (χ2n) is 7.43. The Balaban J connectivity index is 1.77. The van der Waals surface area contributed by atoms with Gasteiger partial charge >= 0.3 is 12.3 Å². The highest BCUT2D eigenvalue weighted by atomic mass is 19.4. The Morgan fingerprint density at radius 2 is 1.79 bits per heavy atom. The molecule has 0 fully saturated rings. The van der Waals surface area contributed by atoms with Crippen LogP contribution in [-0.4, -0.2) is 10.9 Å². The number of allylic oxidation sites excluding steroid dienone is 1. The molecule has 0 bridgehead atoms. The molecule has 1 unspecified atom stereocenters. The van der Waals surface area contributed by atoms with Crippen molar-refractivity contribution in [1.82, 2.24) is 10.3 Å². The zero-order valence-corrected chi connectivity index (χ0v) is 17.8. The van der Waals surface area contributed by atoms with Crippen LogP contribution in [0.4, 0.5) is 22.0 Å². The highest BCUT2D eigenvalue weighted by molar-refractivity contribution is 5.92. The number of halogens is 5. The first-order chi connectivity index (χ1) is 15.3. The first kappa shape index (κ1) is 24.0. The molecule has 0 aliphatic rings. The average Bonchev–Trinajstić information content (AvgIpc) is 3.19. The monoisotopic (exact) mass is 466 g/mol. The Labute approximate surface area is 185 Å². The summed E-state index contributed by atoms with van der Waals surface area (Å²) in [5.74, 6) is -2.46. The summed E-state index contributed by atoms with van der Waals surface area (Å²) in [4.78, 5) is 16.2. The Bertz CT molecular complexity index is 1190. The van der Waals surface area contributed by atoms with Crippen LogP contribution in [0.1, 0.15) is 52.6 Å². The van der Waals surface area contributed by atoms with Crippen LogP contribution in [-0.2, 0) is 6.18 Å². The van der Waals surface area contributed by atoms with E-state index in [9.17, 15) is 26.7 Å². The number of nitrogens with one attached hydrogen (secondary N) is 1. The molecule has 1 amide bonds. The first-order valence-corrected chi connectivity index (χ1v) is 9.63. The standard InChI is InChI=1S/C23H19F5N2O3/c1-11(2)14-5-16(23(26,27)28)9-17(6-14)33-22-30-20(10-32-22)21(31)29-13(4)15-7-18(24)12(3)19(25)8-15/h5-10,13H,1H2,2-4H3,(H,29,31). The van der Waals surface area contributed by atoms with E-state index in [0.717, 1.165) is 30.5 Å². The number of ether oxygens (including phenoxy) is 1. The molecule has 5 nitrogen and oxygen atoms in total. The van der Waals surface area contributed by atoms with E-state index in [-0.39, 0.29) is 28.1 Å².